The fraction of sp³-hybridized carbons (Fsp3) is 0.714. The Labute approximate surface area is 128 Å². The van der Waals surface area contributed by atoms with Crippen LogP contribution in [0.2, 0.25) is 0 Å². The third kappa shape index (κ3) is 3.11. The number of rotatable bonds is 5. The molecule has 2 unspecified atom stereocenters. The summed E-state index contributed by atoms with van der Waals surface area (Å²) < 4.78 is 1.44. The molecule has 8 nitrogen and oxygen atoms in total. The van der Waals surface area contributed by atoms with Crippen LogP contribution in [-0.4, -0.2) is 50.7 Å². The van der Waals surface area contributed by atoms with Crippen LogP contribution in [0.15, 0.2) is 12.4 Å². The topological polar surface area (TPSA) is 93.3 Å². The standard InChI is InChI=1S/C14H21N5O3/c1-17-11-2-3-12(17)7-10(6-11)16-14(20)4-5-18-9-13(8-15-18)19(21)22/h8-12H,2-7H2,1H3,(H,16,20). The molecular formula is C14H21N5O3. The molecule has 0 spiro atoms. The number of carbonyl (C=O) groups excluding carboxylic acids is 1. The normalized spacial score (nSPS) is 27.8. The Kier molecular flexibility index (Phi) is 4.10. The summed E-state index contributed by atoms with van der Waals surface area (Å²) in [5.41, 5.74) is -0.0488. The molecule has 1 aromatic rings. The molecular weight excluding hydrogens is 286 g/mol. The Hall–Kier alpha value is -1.96. The number of carbonyl (C=O) groups is 1. The van der Waals surface area contributed by atoms with Crippen molar-refractivity contribution in [3.8, 4) is 0 Å². The highest BCUT2D eigenvalue weighted by Crippen LogP contribution is 2.34. The van der Waals surface area contributed by atoms with E-state index in [0.717, 1.165) is 12.8 Å². The van der Waals surface area contributed by atoms with Gasteiger partial charge in [-0.05, 0) is 32.7 Å². The minimum atomic E-state index is -0.488. The summed E-state index contributed by atoms with van der Waals surface area (Å²) in [6, 6.07) is 1.45. The Bertz CT molecular complexity index is 559. The molecule has 22 heavy (non-hydrogen) atoms. The van der Waals surface area contributed by atoms with Gasteiger partial charge in [0.05, 0.1) is 4.92 Å². The van der Waals surface area contributed by atoms with Crippen molar-refractivity contribution in [2.45, 2.75) is 56.8 Å². The summed E-state index contributed by atoms with van der Waals surface area (Å²) in [6.45, 7) is 0.360. The van der Waals surface area contributed by atoms with Crippen LogP contribution in [-0.2, 0) is 11.3 Å². The van der Waals surface area contributed by atoms with Gasteiger partial charge in [0.1, 0.15) is 12.4 Å². The zero-order chi connectivity index (χ0) is 15.7. The largest absolute Gasteiger partial charge is 0.353 e. The second-order valence-electron chi connectivity index (χ2n) is 6.26. The quantitative estimate of drug-likeness (QED) is 0.645. The predicted octanol–water partition coefficient (Wildman–Crippen LogP) is 0.923. The van der Waals surface area contributed by atoms with E-state index in [0.29, 0.717) is 25.0 Å². The molecule has 0 radical (unpaired) electrons. The van der Waals surface area contributed by atoms with E-state index in [1.807, 2.05) is 0 Å². The van der Waals surface area contributed by atoms with Crippen LogP contribution in [0.5, 0.6) is 0 Å². The number of aromatic nitrogens is 2. The highest BCUT2D eigenvalue weighted by molar-refractivity contribution is 5.76. The summed E-state index contributed by atoms with van der Waals surface area (Å²) in [5.74, 6) is -0.00731. The lowest BCUT2D eigenvalue weighted by Crippen LogP contribution is -2.48. The van der Waals surface area contributed by atoms with Crippen molar-refractivity contribution in [3.05, 3.63) is 22.5 Å². The summed E-state index contributed by atoms with van der Waals surface area (Å²) in [4.78, 5) is 24.6. The number of nitrogens with one attached hydrogen (secondary N) is 1. The maximum atomic E-state index is 12.0. The van der Waals surface area contributed by atoms with Gasteiger partial charge in [-0.2, -0.15) is 5.10 Å². The first kappa shape index (κ1) is 15.0. The number of amides is 1. The van der Waals surface area contributed by atoms with E-state index in [2.05, 4.69) is 22.4 Å². The van der Waals surface area contributed by atoms with Gasteiger partial charge in [-0.1, -0.05) is 0 Å². The smallest absolute Gasteiger partial charge is 0.306 e. The molecule has 2 atom stereocenters. The van der Waals surface area contributed by atoms with Crippen molar-refractivity contribution in [3.63, 3.8) is 0 Å². The Morgan fingerprint density at radius 2 is 2.14 bits per heavy atom. The van der Waals surface area contributed by atoms with E-state index in [1.54, 1.807) is 0 Å². The minimum absolute atomic E-state index is 0.00731. The first-order valence-electron chi connectivity index (χ1n) is 7.71. The Morgan fingerprint density at radius 3 is 2.73 bits per heavy atom. The molecule has 120 valence electrons. The second-order valence-corrected chi connectivity index (χ2v) is 6.26. The van der Waals surface area contributed by atoms with Gasteiger partial charge in [-0.3, -0.25) is 19.6 Å². The SMILES string of the molecule is CN1C2CCC1CC(NC(=O)CCn1cc([N+](=O)[O-])cn1)C2. The van der Waals surface area contributed by atoms with Crippen molar-refractivity contribution in [1.82, 2.24) is 20.0 Å². The van der Waals surface area contributed by atoms with Crippen LogP contribution in [0.3, 0.4) is 0 Å². The molecule has 3 heterocycles. The van der Waals surface area contributed by atoms with Gasteiger partial charge < -0.3 is 10.2 Å². The van der Waals surface area contributed by atoms with Gasteiger partial charge in [-0.15, -0.1) is 0 Å². The maximum absolute atomic E-state index is 12.0. The van der Waals surface area contributed by atoms with Crippen molar-refractivity contribution >= 4 is 11.6 Å². The van der Waals surface area contributed by atoms with Crippen LogP contribution >= 0.6 is 0 Å². The molecule has 8 heteroatoms. The first-order valence-corrected chi connectivity index (χ1v) is 7.71. The van der Waals surface area contributed by atoms with Crippen LogP contribution in [0.4, 0.5) is 5.69 Å². The van der Waals surface area contributed by atoms with Crippen molar-refractivity contribution < 1.29 is 9.72 Å². The Morgan fingerprint density at radius 1 is 1.45 bits per heavy atom. The maximum Gasteiger partial charge on any atom is 0.306 e. The van der Waals surface area contributed by atoms with E-state index in [-0.39, 0.29) is 17.6 Å². The molecule has 2 saturated heterocycles. The van der Waals surface area contributed by atoms with E-state index < -0.39 is 4.92 Å². The van der Waals surface area contributed by atoms with Gasteiger partial charge in [0.15, 0.2) is 0 Å². The zero-order valence-electron chi connectivity index (χ0n) is 12.6. The number of hydrogen-bond donors (Lipinski definition) is 1. The second kappa shape index (κ2) is 6.04. The lowest BCUT2D eigenvalue weighted by Gasteiger charge is -2.36. The molecule has 1 aromatic heterocycles. The molecule has 1 amide bonds. The number of hydrogen-bond acceptors (Lipinski definition) is 5. The van der Waals surface area contributed by atoms with Gasteiger partial charge in [0, 0.05) is 31.1 Å². The van der Waals surface area contributed by atoms with E-state index in [9.17, 15) is 14.9 Å². The molecule has 0 saturated carbocycles. The first-order chi connectivity index (χ1) is 10.5. The third-order valence-electron chi connectivity index (χ3n) is 4.86. The fourth-order valence-electron chi connectivity index (χ4n) is 3.61. The Balaban J connectivity index is 1.45. The summed E-state index contributed by atoms with van der Waals surface area (Å²) in [6.07, 6.45) is 7.34. The van der Waals surface area contributed by atoms with Crippen LogP contribution in [0.25, 0.3) is 0 Å². The minimum Gasteiger partial charge on any atom is -0.353 e. The predicted molar refractivity (Wildman–Crippen MR) is 79.2 cm³/mol. The van der Waals surface area contributed by atoms with E-state index >= 15 is 0 Å². The van der Waals surface area contributed by atoms with Crippen molar-refractivity contribution in [2.24, 2.45) is 0 Å². The fourth-order valence-corrected chi connectivity index (χ4v) is 3.61. The van der Waals surface area contributed by atoms with Gasteiger partial charge in [0.2, 0.25) is 5.91 Å². The number of nitro groups is 1. The summed E-state index contributed by atoms with van der Waals surface area (Å²) in [7, 11) is 2.17. The average Bonchev–Trinajstić information content (AvgIpc) is 3.01. The number of aryl methyl sites for hydroxylation is 1. The number of fused-ring (bicyclic) bond motifs is 2. The number of nitrogens with zero attached hydrogens (tertiary/aromatic N) is 4. The third-order valence-corrected chi connectivity index (χ3v) is 4.86. The van der Waals surface area contributed by atoms with Crippen LogP contribution in [0.1, 0.15) is 32.1 Å². The van der Waals surface area contributed by atoms with Gasteiger partial charge >= 0.3 is 5.69 Å². The highest BCUT2D eigenvalue weighted by Gasteiger charge is 2.38. The number of piperidine rings is 1. The lowest BCUT2D eigenvalue weighted by molar-refractivity contribution is -0.385. The van der Waals surface area contributed by atoms with Crippen LogP contribution in [0, 0.1) is 10.1 Å². The van der Waals surface area contributed by atoms with Gasteiger partial charge in [0.25, 0.3) is 0 Å². The monoisotopic (exact) mass is 307 g/mol. The highest BCUT2D eigenvalue weighted by atomic mass is 16.6. The van der Waals surface area contributed by atoms with E-state index in [4.69, 9.17) is 0 Å². The molecule has 2 aliphatic heterocycles. The van der Waals surface area contributed by atoms with Crippen molar-refractivity contribution in [2.75, 3.05) is 7.05 Å². The van der Waals surface area contributed by atoms with Crippen LogP contribution < -0.4 is 5.32 Å². The lowest BCUT2D eigenvalue weighted by atomic mass is 9.98. The van der Waals surface area contributed by atoms with Gasteiger partial charge in [-0.25, -0.2) is 0 Å². The average molecular weight is 307 g/mol. The molecule has 2 bridgehead atoms. The van der Waals surface area contributed by atoms with E-state index in [1.165, 1.54) is 29.9 Å². The molecule has 0 aromatic carbocycles. The molecule has 2 aliphatic rings. The molecule has 0 aliphatic carbocycles. The molecule has 3 rings (SSSR count). The molecule has 2 fully saturated rings. The summed E-state index contributed by atoms with van der Waals surface area (Å²) >= 11 is 0. The summed E-state index contributed by atoms with van der Waals surface area (Å²) in [5, 5.41) is 17.6. The molecule has 1 N–H and O–H groups in total. The van der Waals surface area contributed by atoms with Crippen molar-refractivity contribution in [1.29, 1.82) is 0 Å². The zero-order valence-corrected chi connectivity index (χ0v) is 12.6.